The van der Waals surface area contributed by atoms with E-state index < -0.39 is 0 Å². The Hall–Kier alpha value is -0.220. The van der Waals surface area contributed by atoms with Crippen LogP contribution in [-0.4, -0.2) is 42.4 Å². The van der Waals surface area contributed by atoms with Gasteiger partial charge in [-0.05, 0) is 49.5 Å². The molecule has 2 saturated carbocycles. The van der Waals surface area contributed by atoms with Crippen molar-refractivity contribution in [1.29, 1.82) is 0 Å². The molecule has 98 valence electrons. The third-order valence-electron chi connectivity index (χ3n) is 4.48. The molecule has 17 heavy (non-hydrogen) atoms. The summed E-state index contributed by atoms with van der Waals surface area (Å²) in [5, 5.41) is 0. The van der Waals surface area contributed by atoms with Gasteiger partial charge in [-0.15, -0.1) is 0 Å². The summed E-state index contributed by atoms with van der Waals surface area (Å²) < 4.78 is 0. The monoisotopic (exact) mass is 256 g/mol. The van der Waals surface area contributed by atoms with Crippen molar-refractivity contribution in [1.82, 2.24) is 4.90 Å². The molecule has 0 saturated heterocycles. The van der Waals surface area contributed by atoms with Crippen molar-refractivity contribution in [2.75, 3.05) is 25.6 Å². The Bertz CT molecular complexity index is 283. The van der Waals surface area contributed by atoms with Crippen molar-refractivity contribution in [2.45, 2.75) is 31.7 Å². The van der Waals surface area contributed by atoms with E-state index in [1.54, 1.807) is 0 Å². The lowest BCUT2D eigenvalue weighted by Gasteiger charge is -2.30. The maximum absolute atomic E-state index is 12.4. The van der Waals surface area contributed by atoms with Gasteiger partial charge in [-0.25, -0.2) is 0 Å². The number of thioether (sulfide) groups is 1. The van der Waals surface area contributed by atoms with Crippen LogP contribution in [-0.2, 0) is 4.79 Å². The highest BCUT2D eigenvalue weighted by molar-refractivity contribution is 7.98. The molecule has 2 aliphatic rings. The SMILES string of the molecule is CSCCCN(C)C(=O)C1C2CCC(C2)C1N. The second-order valence-corrected chi connectivity index (χ2v) is 6.53. The van der Waals surface area contributed by atoms with Crippen molar-refractivity contribution in [2.24, 2.45) is 23.5 Å². The zero-order chi connectivity index (χ0) is 12.4. The molecule has 2 rings (SSSR count). The largest absolute Gasteiger partial charge is 0.345 e. The maximum Gasteiger partial charge on any atom is 0.227 e. The zero-order valence-corrected chi connectivity index (χ0v) is 11.7. The predicted molar refractivity (Wildman–Crippen MR) is 72.9 cm³/mol. The summed E-state index contributed by atoms with van der Waals surface area (Å²) in [6, 6.07) is 0.129. The first-order valence-electron chi connectivity index (χ1n) is 6.64. The Labute approximate surface area is 108 Å². The van der Waals surface area contributed by atoms with E-state index in [0.29, 0.717) is 17.7 Å². The van der Waals surface area contributed by atoms with E-state index in [4.69, 9.17) is 5.73 Å². The molecule has 0 aromatic rings. The molecule has 0 radical (unpaired) electrons. The van der Waals surface area contributed by atoms with Crippen LogP contribution in [0.4, 0.5) is 0 Å². The zero-order valence-electron chi connectivity index (χ0n) is 10.9. The van der Waals surface area contributed by atoms with Crippen LogP contribution < -0.4 is 5.73 Å². The standard InChI is InChI=1S/C13H24N2OS/c1-15(6-3-7-17-2)13(16)11-9-4-5-10(8-9)12(11)14/h9-12H,3-8,14H2,1-2H3. The summed E-state index contributed by atoms with van der Waals surface area (Å²) in [5.74, 6) is 2.73. The number of amides is 1. The van der Waals surface area contributed by atoms with Crippen molar-refractivity contribution in [3.05, 3.63) is 0 Å². The van der Waals surface area contributed by atoms with E-state index in [-0.39, 0.29) is 12.0 Å². The second kappa shape index (κ2) is 5.61. The summed E-state index contributed by atoms with van der Waals surface area (Å²) >= 11 is 1.84. The van der Waals surface area contributed by atoms with Crippen molar-refractivity contribution >= 4 is 17.7 Å². The molecule has 0 aromatic heterocycles. The lowest BCUT2D eigenvalue weighted by Crippen LogP contribution is -2.46. The van der Waals surface area contributed by atoms with Gasteiger partial charge in [-0.3, -0.25) is 4.79 Å². The molecular weight excluding hydrogens is 232 g/mol. The summed E-state index contributed by atoms with van der Waals surface area (Å²) in [6.07, 6.45) is 6.84. The number of rotatable bonds is 5. The van der Waals surface area contributed by atoms with Crippen LogP contribution in [0.2, 0.25) is 0 Å². The fourth-order valence-electron chi connectivity index (χ4n) is 3.51. The lowest BCUT2D eigenvalue weighted by molar-refractivity contribution is -0.136. The summed E-state index contributed by atoms with van der Waals surface area (Å²) in [6.45, 7) is 0.875. The average molecular weight is 256 g/mol. The summed E-state index contributed by atoms with van der Waals surface area (Å²) in [7, 11) is 1.93. The fourth-order valence-corrected chi connectivity index (χ4v) is 3.93. The molecular formula is C13H24N2OS. The van der Waals surface area contributed by atoms with Crippen molar-refractivity contribution in [3.63, 3.8) is 0 Å². The molecule has 2 bridgehead atoms. The molecule has 0 heterocycles. The van der Waals surface area contributed by atoms with Gasteiger partial charge in [0.1, 0.15) is 0 Å². The quantitative estimate of drug-likeness (QED) is 0.760. The van der Waals surface area contributed by atoms with Crippen molar-refractivity contribution in [3.8, 4) is 0 Å². The number of carbonyl (C=O) groups is 1. The molecule has 0 aromatic carbocycles. The Kier molecular flexibility index (Phi) is 4.36. The Morgan fingerprint density at radius 1 is 1.41 bits per heavy atom. The molecule has 4 heteroatoms. The van der Waals surface area contributed by atoms with Crippen LogP contribution >= 0.6 is 11.8 Å². The molecule has 0 aliphatic heterocycles. The van der Waals surface area contributed by atoms with Crippen LogP contribution in [0.5, 0.6) is 0 Å². The lowest BCUT2D eigenvalue weighted by atomic mass is 9.84. The van der Waals surface area contributed by atoms with Gasteiger partial charge in [0, 0.05) is 19.6 Å². The van der Waals surface area contributed by atoms with Crippen LogP contribution in [0.15, 0.2) is 0 Å². The van der Waals surface area contributed by atoms with Gasteiger partial charge in [0.15, 0.2) is 0 Å². The molecule has 3 nitrogen and oxygen atoms in total. The van der Waals surface area contributed by atoms with Crippen LogP contribution in [0.1, 0.15) is 25.7 Å². The minimum Gasteiger partial charge on any atom is -0.345 e. The number of hydrogen-bond donors (Lipinski definition) is 1. The van der Waals surface area contributed by atoms with E-state index in [1.807, 2.05) is 23.7 Å². The van der Waals surface area contributed by atoms with Gasteiger partial charge in [0.2, 0.25) is 5.91 Å². The Balaban J connectivity index is 1.87. The first-order valence-corrected chi connectivity index (χ1v) is 8.04. The molecule has 2 fully saturated rings. The van der Waals surface area contributed by atoms with Crippen LogP contribution in [0.3, 0.4) is 0 Å². The number of carbonyl (C=O) groups excluding carboxylic acids is 1. The molecule has 0 spiro atoms. The number of nitrogens with zero attached hydrogens (tertiary/aromatic N) is 1. The van der Waals surface area contributed by atoms with E-state index in [2.05, 4.69) is 6.26 Å². The van der Waals surface area contributed by atoms with E-state index >= 15 is 0 Å². The topological polar surface area (TPSA) is 46.3 Å². The highest BCUT2D eigenvalue weighted by Gasteiger charge is 2.49. The van der Waals surface area contributed by atoms with Crippen LogP contribution in [0, 0.1) is 17.8 Å². The normalized spacial score (nSPS) is 35.2. The maximum atomic E-state index is 12.4. The Morgan fingerprint density at radius 3 is 2.71 bits per heavy atom. The minimum absolute atomic E-state index is 0.119. The van der Waals surface area contributed by atoms with Crippen LogP contribution in [0.25, 0.3) is 0 Å². The third-order valence-corrected chi connectivity index (χ3v) is 5.18. The van der Waals surface area contributed by atoms with E-state index in [9.17, 15) is 4.79 Å². The number of hydrogen-bond acceptors (Lipinski definition) is 3. The highest BCUT2D eigenvalue weighted by Crippen LogP contribution is 2.48. The van der Waals surface area contributed by atoms with Gasteiger partial charge < -0.3 is 10.6 Å². The predicted octanol–water partition coefficient (Wildman–Crippen LogP) is 1.57. The number of fused-ring (bicyclic) bond motifs is 2. The van der Waals surface area contributed by atoms with Gasteiger partial charge in [0.05, 0.1) is 5.92 Å². The average Bonchev–Trinajstić information content (AvgIpc) is 2.89. The summed E-state index contributed by atoms with van der Waals surface area (Å²) in [4.78, 5) is 14.3. The van der Waals surface area contributed by atoms with Gasteiger partial charge in [-0.1, -0.05) is 0 Å². The molecule has 4 unspecified atom stereocenters. The molecule has 4 atom stereocenters. The first kappa shape index (κ1) is 13.2. The smallest absolute Gasteiger partial charge is 0.227 e. The highest BCUT2D eigenvalue weighted by atomic mass is 32.2. The Morgan fingerprint density at radius 2 is 2.12 bits per heavy atom. The molecule has 2 N–H and O–H groups in total. The summed E-state index contributed by atoms with van der Waals surface area (Å²) in [5.41, 5.74) is 6.21. The number of nitrogens with two attached hydrogens (primary N) is 1. The second-order valence-electron chi connectivity index (χ2n) is 5.54. The van der Waals surface area contributed by atoms with Gasteiger partial charge >= 0.3 is 0 Å². The fraction of sp³-hybridized carbons (Fsp3) is 0.923. The first-order chi connectivity index (χ1) is 8.15. The third kappa shape index (κ3) is 2.63. The van der Waals surface area contributed by atoms with E-state index in [1.165, 1.54) is 19.3 Å². The molecule has 1 amide bonds. The molecule has 2 aliphatic carbocycles. The van der Waals surface area contributed by atoms with Gasteiger partial charge in [0.25, 0.3) is 0 Å². The van der Waals surface area contributed by atoms with Crippen molar-refractivity contribution < 1.29 is 4.79 Å². The minimum atomic E-state index is 0.119. The van der Waals surface area contributed by atoms with E-state index in [0.717, 1.165) is 18.7 Å². The van der Waals surface area contributed by atoms with Gasteiger partial charge in [-0.2, -0.15) is 11.8 Å².